The molecule has 92 valence electrons. The molecule has 0 aliphatic heterocycles. The molecule has 0 amide bonds. The van der Waals surface area contributed by atoms with Crippen LogP contribution in [0.5, 0.6) is 0 Å². The van der Waals surface area contributed by atoms with Crippen molar-refractivity contribution >= 4 is 17.2 Å². The molecule has 2 aromatic rings. The summed E-state index contributed by atoms with van der Waals surface area (Å²) in [5.41, 5.74) is 1.61. The van der Waals surface area contributed by atoms with E-state index in [9.17, 15) is 0 Å². The average Bonchev–Trinajstić information content (AvgIpc) is 2.69. The third-order valence-corrected chi connectivity index (χ3v) is 3.67. The fourth-order valence-corrected chi connectivity index (χ4v) is 2.87. The zero-order valence-electron chi connectivity index (χ0n) is 10.6. The van der Waals surface area contributed by atoms with Gasteiger partial charge in [-0.3, -0.25) is 0 Å². The molecular formula is C13H14N4S. The lowest BCUT2D eigenvalue weighted by atomic mass is 10.1. The largest absolute Gasteiger partial charge is 0.362 e. The van der Waals surface area contributed by atoms with Gasteiger partial charge in [0.25, 0.3) is 0 Å². The zero-order valence-corrected chi connectivity index (χ0v) is 11.4. The second kappa shape index (κ2) is 5.15. The van der Waals surface area contributed by atoms with Gasteiger partial charge in [-0.15, -0.1) is 21.5 Å². The van der Waals surface area contributed by atoms with Crippen molar-refractivity contribution in [2.75, 3.05) is 5.32 Å². The van der Waals surface area contributed by atoms with Gasteiger partial charge in [-0.1, -0.05) is 0 Å². The van der Waals surface area contributed by atoms with Crippen molar-refractivity contribution in [1.82, 2.24) is 10.2 Å². The fraction of sp³-hybridized carbons (Fsp3) is 0.308. The summed E-state index contributed by atoms with van der Waals surface area (Å²) >= 11 is 1.80. The number of aryl methyl sites for hydroxylation is 2. The lowest BCUT2D eigenvalue weighted by molar-refractivity contribution is 0.856. The highest BCUT2D eigenvalue weighted by atomic mass is 32.1. The van der Waals surface area contributed by atoms with E-state index in [-0.39, 0.29) is 6.04 Å². The third kappa shape index (κ3) is 2.66. The maximum atomic E-state index is 8.66. The Morgan fingerprint density at radius 1 is 1.33 bits per heavy atom. The normalized spacial score (nSPS) is 11.9. The van der Waals surface area contributed by atoms with Gasteiger partial charge < -0.3 is 5.32 Å². The Kier molecular flexibility index (Phi) is 3.58. The molecule has 1 unspecified atom stereocenters. The first-order valence-electron chi connectivity index (χ1n) is 5.67. The molecule has 2 rings (SSSR count). The van der Waals surface area contributed by atoms with Crippen molar-refractivity contribution < 1.29 is 0 Å². The number of nitrogens with zero attached hydrogens (tertiary/aromatic N) is 3. The van der Waals surface area contributed by atoms with Gasteiger partial charge in [-0.05, 0) is 44.5 Å². The lowest BCUT2D eigenvalue weighted by Crippen LogP contribution is -2.08. The van der Waals surface area contributed by atoms with Gasteiger partial charge in [-0.25, -0.2) is 0 Å². The molecule has 1 atom stereocenters. The number of hydrogen-bond donors (Lipinski definition) is 1. The predicted molar refractivity (Wildman–Crippen MR) is 72.6 cm³/mol. The predicted octanol–water partition coefficient (Wildman–Crippen LogP) is 3.20. The highest BCUT2D eigenvalue weighted by Gasteiger charge is 2.11. The van der Waals surface area contributed by atoms with Gasteiger partial charge >= 0.3 is 0 Å². The standard InChI is InChI=1S/C13H14N4S/c1-8-6-12(10(3)18-8)9(2)15-13-5-4-11(7-14)16-17-13/h4-6,9H,1-3H3,(H,15,17). The van der Waals surface area contributed by atoms with Crippen LogP contribution in [0.1, 0.15) is 34.0 Å². The molecule has 5 heteroatoms. The minimum atomic E-state index is 0.178. The molecule has 2 aromatic heterocycles. The minimum absolute atomic E-state index is 0.178. The quantitative estimate of drug-likeness (QED) is 0.918. The van der Waals surface area contributed by atoms with Crippen LogP contribution in [0.4, 0.5) is 5.82 Å². The number of anilines is 1. The summed E-state index contributed by atoms with van der Waals surface area (Å²) in [4.78, 5) is 2.62. The molecule has 1 N–H and O–H groups in total. The molecule has 0 aromatic carbocycles. The van der Waals surface area contributed by atoms with E-state index in [0.29, 0.717) is 11.5 Å². The number of hydrogen-bond acceptors (Lipinski definition) is 5. The monoisotopic (exact) mass is 258 g/mol. The van der Waals surface area contributed by atoms with Gasteiger partial charge in [0.1, 0.15) is 11.9 Å². The van der Waals surface area contributed by atoms with Crippen LogP contribution < -0.4 is 5.32 Å². The molecule has 0 bridgehead atoms. The van der Waals surface area contributed by atoms with Crippen LogP contribution in [0.25, 0.3) is 0 Å². The molecule has 0 radical (unpaired) electrons. The van der Waals surface area contributed by atoms with Crippen LogP contribution in [0.15, 0.2) is 18.2 Å². The van der Waals surface area contributed by atoms with Crippen LogP contribution in [0.2, 0.25) is 0 Å². The molecule has 0 aliphatic rings. The van der Waals surface area contributed by atoms with Crippen LogP contribution in [0, 0.1) is 25.2 Å². The Bertz CT molecular complexity index is 580. The molecule has 0 saturated carbocycles. The maximum absolute atomic E-state index is 8.66. The van der Waals surface area contributed by atoms with Gasteiger partial charge in [0.2, 0.25) is 0 Å². The number of nitrogens with one attached hydrogen (secondary N) is 1. The number of rotatable bonds is 3. The molecule has 2 heterocycles. The van der Waals surface area contributed by atoms with E-state index < -0.39 is 0 Å². The maximum Gasteiger partial charge on any atom is 0.163 e. The van der Waals surface area contributed by atoms with Gasteiger partial charge in [0.15, 0.2) is 5.69 Å². The van der Waals surface area contributed by atoms with Crippen LogP contribution in [-0.4, -0.2) is 10.2 Å². The highest BCUT2D eigenvalue weighted by Crippen LogP contribution is 2.27. The van der Waals surface area contributed by atoms with E-state index in [1.807, 2.05) is 6.07 Å². The molecule has 0 aliphatic carbocycles. The lowest BCUT2D eigenvalue weighted by Gasteiger charge is -2.13. The summed E-state index contributed by atoms with van der Waals surface area (Å²) in [5, 5.41) is 19.7. The highest BCUT2D eigenvalue weighted by molar-refractivity contribution is 7.12. The fourth-order valence-electron chi connectivity index (χ4n) is 1.85. The Labute approximate surface area is 110 Å². The van der Waals surface area contributed by atoms with Gasteiger partial charge in [0, 0.05) is 9.75 Å². The Morgan fingerprint density at radius 2 is 2.11 bits per heavy atom. The molecule has 0 saturated heterocycles. The minimum Gasteiger partial charge on any atom is -0.362 e. The van der Waals surface area contributed by atoms with Crippen molar-refractivity contribution in [3.8, 4) is 6.07 Å². The Hall–Kier alpha value is -1.93. The van der Waals surface area contributed by atoms with Crippen molar-refractivity contribution in [1.29, 1.82) is 5.26 Å². The van der Waals surface area contributed by atoms with Crippen LogP contribution in [-0.2, 0) is 0 Å². The smallest absolute Gasteiger partial charge is 0.163 e. The van der Waals surface area contributed by atoms with E-state index in [2.05, 4.69) is 42.4 Å². The first-order chi connectivity index (χ1) is 8.60. The van der Waals surface area contributed by atoms with Gasteiger partial charge in [0.05, 0.1) is 6.04 Å². The molecule has 0 fully saturated rings. The van der Waals surface area contributed by atoms with E-state index in [4.69, 9.17) is 5.26 Å². The average molecular weight is 258 g/mol. The van der Waals surface area contributed by atoms with Crippen LogP contribution in [0.3, 0.4) is 0 Å². The topological polar surface area (TPSA) is 61.6 Å². The molecule has 18 heavy (non-hydrogen) atoms. The summed E-state index contributed by atoms with van der Waals surface area (Å²) in [6.45, 7) is 6.32. The first-order valence-corrected chi connectivity index (χ1v) is 6.49. The van der Waals surface area contributed by atoms with E-state index in [1.54, 1.807) is 23.5 Å². The SMILES string of the molecule is Cc1cc(C(C)Nc2ccc(C#N)nn2)c(C)s1. The van der Waals surface area contributed by atoms with Crippen LogP contribution >= 0.6 is 11.3 Å². The first kappa shape index (κ1) is 12.5. The van der Waals surface area contributed by atoms with Gasteiger partial charge in [-0.2, -0.15) is 5.26 Å². The number of thiophene rings is 1. The summed E-state index contributed by atoms with van der Waals surface area (Å²) in [7, 11) is 0. The van der Waals surface area contributed by atoms with E-state index in [1.165, 1.54) is 15.3 Å². The van der Waals surface area contributed by atoms with Crippen molar-refractivity contribution in [2.45, 2.75) is 26.8 Å². The van der Waals surface area contributed by atoms with Crippen molar-refractivity contribution in [3.05, 3.63) is 39.2 Å². The molecule has 4 nitrogen and oxygen atoms in total. The summed E-state index contributed by atoms with van der Waals surface area (Å²) in [6, 6.07) is 7.75. The second-order valence-corrected chi connectivity index (χ2v) is 5.61. The van der Waals surface area contributed by atoms with Crippen molar-refractivity contribution in [3.63, 3.8) is 0 Å². The summed E-state index contributed by atoms with van der Waals surface area (Å²) in [6.07, 6.45) is 0. The number of aromatic nitrogens is 2. The summed E-state index contributed by atoms with van der Waals surface area (Å²) < 4.78 is 0. The zero-order chi connectivity index (χ0) is 13.1. The number of nitriles is 1. The van der Waals surface area contributed by atoms with Crippen molar-refractivity contribution in [2.24, 2.45) is 0 Å². The second-order valence-electron chi connectivity index (χ2n) is 4.15. The Morgan fingerprint density at radius 3 is 2.61 bits per heavy atom. The third-order valence-electron chi connectivity index (χ3n) is 2.69. The summed E-state index contributed by atoms with van der Waals surface area (Å²) in [5.74, 6) is 0.685. The molecule has 0 spiro atoms. The molecular weight excluding hydrogens is 244 g/mol. The Balaban J connectivity index is 2.13. The van der Waals surface area contributed by atoms with E-state index >= 15 is 0 Å². The van der Waals surface area contributed by atoms with E-state index in [0.717, 1.165) is 0 Å².